The van der Waals surface area contributed by atoms with Gasteiger partial charge in [0.1, 0.15) is 5.75 Å². The Labute approximate surface area is 160 Å². The number of nitrogens with one attached hydrogen (secondary N) is 1. The minimum absolute atomic E-state index is 0.0198. The number of methoxy groups -OCH3 is 1. The van der Waals surface area contributed by atoms with Crippen LogP contribution in [0.25, 0.3) is 0 Å². The molecule has 1 saturated heterocycles. The third-order valence-corrected chi connectivity index (χ3v) is 5.21. The normalized spacial score (nSPS) is 15.6. The highest BCUT2D eigenvalue weighted by atomic mass is 35.5. The SMILES string of the molecule is COc1ccc(CC(=O)NCC(c2ccccc2Cl)N2CCCC2)cc1. The van der Waals surface area contributed by atoms with E-state index in [1.807, 2.05) is 42.5 Å². The summed E-state index contributed by atoms with van der Waals surface area (Å²) in [6.45, 7) is 2.66. The van der Waals surface area contributed by atoms with Gasteiger partial charge in [0, 0.05) is 11.6 Å². The first kappa shape index (κ1) is 18.7. The Morgan fingerprint density at radius 3 is 2.50 bits per heavy atom. The molecule has 4 nitrogen and oxygen atoms in total. The third kappa shape index (κ3) is 4.77. The number of amides is 1. The number of carbonyl (C=O) groups is 1. The molecule has 1 amide bonds. The van der Waals surface area contributed by atoms with Crippen molar-refractivity contribution in [1.29, 1.82) is 0 Å². The van der Waals surface area contributed by atoms with Gasteiger partial charge in [-0.15, -0.1) is 0 Å². The molecule has 1 N–H and O–H groups in total. The van der Waals surface area contributed by atoms with Crippen LogP contribution in [0.5, 0.6) is 5.75 Å². The minimum atomic E-state index is 0.0198. The van der Waals surface area contributed by atoms with Gasteiger partial charge >= 0.3 is 0 Å². The van der Waals surface area contributed by atoms with Gasteiger partial charge in [-0.05, 0) is 55.3 Å². The summed E-state index contributed by atoms with van der Waals surface area (Å²) in [6.07, 6.45) is 2.75. The lowest BCUT2D eigenvalue weighted by Crippen LogP contribution is -2.37. The monoisotopic (exact) mass is 372 g/mol. The minimum Gasteiger partial charge on any atom is -0.497 e. The maximum atomic E-state index is 12.4. The fourth-order valence-corrected chi connectivity index (χ4v) is 3.70. The Balaban J connectivity index is 1.63. The summed E-state index contributed by atoms with van der Waals surface area (Å²) in [5.41, 5.74) is 2.06. The van der Waals surface area contributed by atoms with E-state index in [4.69, 9.17) is 16.3 Å². The van der Waals surface area contributed by atoms with Crippen LogP contribution in [0.2, 0.25) is 5.02 Å². The zero-order valence-corrected chi connectivity index (χ0v) is 15.8. The predicted molar refractivity (Wildman–Crippen MR) is 105 cm³/mol. The lowest BCUT2D eigenvalue weighted by Gasteiger charge is -2.29. The zero-order valence-electron chi connectivity index (χ0n) is 15.1. The first-order chi connectivity index (χ1) is 12.7. The molecule has 2 aromatic rings. The van der Waals surface area contributed by atoms with Crippen molar-refractivity contribution < 1.29 is 9.53 Å². The summed E-state index contributed by atoms with van der Waals surface area (Å²) in [7, 11) is 1.63. The van der Waals surface area contributed by atoms with Gasteiger partial charge in [-0.2, -0.15) is 0 Å². The molecule has 0 radical (unpaired) electrons. The molecule has 5 heteroatoms. The molecule has 1 fully saturated rings. The molecular formula is C21H25ClN2O2. The lowest BCUT2D eigenvalue weighted by atomic mass is 10.0. The van der Waals surface area contributed by atoms with Crippen molar-refractivity contribution in [3.8, 4) is 5.75 Å². The quantitative estimate of drug-likeness (QED) is 0.802. The maximum absolute atomic E-state index is 12.4. The molecule has 1 heterocycles. The molecule has 0 spiro atoms. The number of ether oxygens (including phenoxy) is 1. The van der Waals surface area contributed by atoms with Crippen molar-refractivity contribution >= 4 is 17.5 Å². The molecule has 1 atom stereocenters. The van der Waals surface area contributed by atoms with Gasteiger partial charge < -0.3 is 10.1 Å². The van der Waals surface area contributed by atoms with Crippen molar-refractivity contribution in [3.63, 3.8) is 0 Å². The molecule has 26 heavy (non-hydrogen) atoms. The Morgan fingerprint density at radius 2 is 1.85 bits per heavy atom. The lowest BCUT2D eigenvalue weighted by molar-refractivity contribution is -0.120. The zero-order chi connectivity index (χ0) is 18.4. The summed E-state index contributed by atoms with van der Waals surface area (Å²) < 4.78 is 5.15. The van der Waals surface area contributed by atoms with E-state index >= 15 is 0 Å². The van der Waals surface area contributed by atoms with Crippen LogP contribution in [0.3, 0.4) is 0 Å². The standard InChI is InChI=1S/C21H25ClN2O2/c1-26-17-10-8-16(9-11-17)14-21(25)23-15-20(24-12-4-5-13-24)18-6-2-3-7-19(18)22/h2-3,6-11,20H,4-5,12-15H2,1H3,(H,23,25). The molecule has 0 aromatic heterocycles. The number of halogens is 1. The second-order valence-corrected chi connectivity index (χ2v) is 7.02. The van der Waals surface area contributed by atoms with Crippen LogP contribution in [0.4, 0.5) is 0 Å². The summed E-state index contributed by atoms with van der Waals surface area (Å²) in [5, 5.41) is 3.85. The molecule has 3 rings (SSSR count). The summed E-state index contributed by atoms with van der Waals surface area (Å²) in [5.74, 6) is 0.813. The molecule has 138 valence electrons. The van der Waals surface area contributed by atoms with Gasteiger partial charge in [0.2, 0.25) is 5.91 Å². The van der Waals surface area contributed by atoms with Crippen molar-refractivity contribution in [2.75, 3.05) is 26.7 Å². The van der Waals surface area contributed by atoms with Gasteiger partial charge in [-0.25, -0.2) is 0 Å². The fourth-order valence-electron chi connectivity index (χ4n) is 3.44. The van der Waals surface area contributed by atoms with Crippen LogP contribution in [0.1, 0.15) is 30.0 Å². The third-order valence-electron chi connectivity index (χ3n) is 4.86. The largest absolute Gasteiger partial charge is 0.497 e. The number of benzene rings is 2. The van der Waals surface area contributed by atoms with Crippen molar-refractivity contribution in [1.82, 2.24) is 10.2 Å². The van der Waals surface area contributed by atoms with E-state index < -0.39 is 0 Å². The fraction of sp³-hybridized carbons (Fsp3) is 0.381. The van der Waals surface area contributed by atoms with E-state index in [2.05, 4.69) is 16.3 Å². The van der Waals surface area contributed by atoms with E-state index in [1.165, 1.54) is 12.8 Å². The second kappa shape index (κ2) is 9.06. The number of nitrogens with zero attached hydrogens (tertiary/aromatic N) is 1. The number of rotatable bonds is 7. The molecular weight excluding hydrogens is 348 g/mol. The predicted octanol–water partition coefficient (Wildman–Crippen LogP) is 3.84. The number of carbonyl (C=O) groups excluding carboxylic acids is 1. The molecule has 1 aliphatic rings. The van der Waals surface area contributed by atoms with E-state index in [-0.39, 0.29) is 11.9 Å². The highest BCUT2D eigenvalue weighted by Crippen LogP contribution is 2.29. The summed E-state index contributed by atoms with van der Waals surface area (Å²) >= 11 is 6.42. The van der Waals surface area contributed by atoms with Crippen LogP contribution in [-0.4, -0.2) is 37.6 Å². The van der Waals surface area contributed by atoms with Crippen LogP contribution in [0.15, 0.2) is 48.5 Å². The molecule has 0 saturated carbocycles. The Morgan fingerprint density at radius 1 is 1.15 bits per heavy atom. The average molecular weight is 373 g/mol. The van der Waals surface area contributed by atoms with E-state index in [0.29, 0.717) is 13.0 Å². The maximum Gasteiger partial charge on any atom is 0.224 e. The van der Waals surface area contributed by atoms with Crippen LogP contribution in [0, 0.1) is 0 Å². The average Bonchev–Trinajstić information content (AvgIpc) is 3.18. The van der Waals surface area contributed by atoms with Gasteiger partial charge in [-0.1, -0.05) is 41.9 Å². The number of hydrogen-bond donors (Lipinski definition) is 1. The van der Waals surface area contributed by atoms with Gasteiger partial charge in [-0.3, -0.25) is 9.69 Å². The first-order valence-corrected chi connectivity index (χ1v) is 9.43. The molecule has 1 unspecified atom stereocenters. The van der Waals surface area contributed by atoms with E-state index in [0.717, 1.165) is 35.0 Å². The molecule has 0 bridgehead atoms. The van der Waals surface area contributed by atoms with Crippen molar-refractivity contribution in [2.24, 2.45) is 0 Å². The van der Waals surface area contributed by atoms with Gasteiger partial charge in [0.15, 0.2) is 0 Å². The first-order valence-electron chi connectivity index (χ1n) is 9.05. The highest BCUT2D eigenvalue weighted by molar-refractivity contribution is 6.31. The molecule has 2 aromatic carbocycles. The highest BCUT2D eigenvalue weighted by Gasteiger charge is 2.25. The molecule has 1 aliphatic heterocycles. The summed E-state index contributed by atoms with van der Waals surface area (Å²) in [4.78, 5) is 14.8. The topological polar surface area (TPSA) is 41.6 Å². The van der Waals surface area contributed by atoms with Gasteiger partial charge in [0.25, 0.3) is 0 Å². The number of likely N-dealkylation sites (tertiary alicyclic amines) is 1. The number of hydrogen-bond acceptors (Lipinski definition) is 3. The smallest absolute Gasteiger partial charge is 0.224 e. The van der Waals surface area contributed by atoms with Crippen molar-refractivity contribution in [2.45, 2.75) is 25.3 Å². The van der Waals surface area contributed by atoms with E-state index in [9.17, 15) is 4.79 Å². The second-order valence-electron chi connectivity index (χ2n) is 6.61. The van der Waals surface area contributed by atoms with Crippen LogP contribution < -0.4 is 10.1 Å². The van der Waals surface area contributed by atoms with Crippen LogP contribution in [-0.2, 0) is 11.2 Å². The van der Waals surface area contributed by atoms with Crippen molar-refractivity contribution in [3.05, 3.63) is 64.7 Å². The molecule has 0 aliphatic carbocycles. The van der Waals surface area contributed by atoms with Crippen LogP contribution >= 0.6 is 11.6 Å². The Kier molecular flexibility index (Phi) is 6.53. The summed E-state index contributed by atoms with van der Waals surface area (Å²) in [6, 6.07) is 15.6. The van der Waals surface area contributed by atoms with E-state index in [1.54, 1.807) is 7.11 Å². The Bertz CT molecular complexity index is 727. The Hall–Kier alpha value is -2.04. The van der Waals surface area contributed by atoms with Gasteiger partial charge in [0.05, 0.1) is 19.6 Å².